The maximum absolute atomic E-state index is 13.7. The monoisotopic (exact) mass is 545 g/mol. The summed E-state index contributed by atoms with van der Waals surface area (Å²) < 4.78 is 0. The molecule has 0 spiro atoms. The molecule has 1 atom stereocenters. The summed E-state index contributed by atoms with van der Waals surface area (Å²) in [5.41, 5.74) is 5.84. The third kappa shape index (κ3) is 5.38. The maximum Gasteiger partial charge on any atom is 0.304 e. The molecule has 41 heavy (non-hydrogen) atoms. The van der Waals surface area contributed by atoms with Crippen LogP contribution in [0.25, 0.3) is 11.0 Å². The second-order valence-corrected chi connectivity index (χ2v) is 9.89. The molecule has 5 aromatic rings. The van der Waals surface area contributed by atoms with Gasteiger partial charge in [-0.05, 0) is 53.1 Å². The van der Waals surface area contributed by atoms with Crippen LogP contribution in [0, 0.1) is 0 Å². The van der Waals surface area contributed by atoms with Crippen LogP contribution < -0.4 is 15.5 Å². The van der Waals surface area contributed by atoms with Crippen LogP contribution in [0.1, 0.15) is 39.4 Å². The molecule has 0 saturated carbocycles. The normalized spacial score (nSPS) is 14.2. The lowest BCUT2D eigenvalue weighted by Gasteiger charge is -2.23. The molecule has 0 fully saturated rings. The highest BCUT2D eigenvalue weighted by Gasteiger charge is 2.34. The molecule has 6 rings (SSSR count). The number of hydrogen-bond acceptors (Lipinski definition) is 5. The number of hydrogen-bond donors (Lipinski definition) is 4. The van der Waals surface area contributed by atoms with Gasteiger partial charge < -0.3 is 20.7 Å². The van der Waals surface area contributed by atoms with Crippen LogP contribution in [0.15, 0.2) is 97.1 Å². The van der Waals surface area contributed by atoms with Crippen molar-refractivity contribution < 1.29 is 19.5 Å². The highest BCUT2D eigenvalue weighted by Crippen LogP contribution is 2.40. The van der Waals surface area contributed by atoms with Crippen LogP contribution in [-0.2, 0) is 16.1 Å². The molecule has 2 heterocycles. The van der Waals surface area contributed by atoms with E-state index in [4.69, 9.17) is 0 Å². The summed E-state index contributed by atoms with van der Waals surface area (Å²) >= 11 is 0. The number of anilines is 3. The first kappa shape index (κ1) is 25.8. The predicted molar refractivity (Wildman–Crippen MR) is 156 cm³/mol. The van der Waals surface area contributed by atoms with Crippen LogP contribution >= 0.6 is 0 Å². The third-order valence-electron chi connectivity index (χ3n) is 7.19. The lowest BCUT2D eigenvalue weighted by atomic mass is 9.86. The van der Waals surface area contributed by atoms with Gasteiger partial charge in [-0.25, -0.2) is 4.98 Å². The minimum absolute atomic E-state index is 0.164. The number of nitrogens with one attached hydrogen (secondary N) is 3. The number of nitrogens with zero attached hydrogens (tertiary/aromatic N) is 2. The fourth-order valence-electron chi connectivity index (χ4n) is 5.25. The lowest BCUT2D eigenvalue weighted by molar-refractivity contribution is -0.137. The van der Waals surface area contributed by atoms with Gasteiger partial charge in [0, 0.05) is 29.4 Å². The van der Waals surface area contributed by atoms with Gasteiger partial charge >= 0.3 is 5.97 Å². The molecule has 9 nitrogen and oxygen atoms in total. The Bertz CT molecular complexity index is 1730. The van der Waals surface area contributed by atoms with Gasteiger partial charge in [0.05, 0.1) is 17.5 Å². The molecule has 1 unspecified atom stereocenters. The zero-order chi connectivity index (χ0) is 28.3. The van der Waals surface area contributed by atoms with Crippen molar-refractivity contribution in [3.63, 3.8) is 0 Å². The molecule has 0 aliphatic carbocycles. The first-order valence-corrected chi connectivity index (χ1v) is 13.2. The number of fused-ring (bicyclic) bond motifs is 3. The molecule has 4 aromatic carbocycles. The number of carboxylic acids is 1. The second-order valence-electron chi connectivity index (χ2n) is 9.89. The smallest absolute Gasteiger partial charge is 0.304 e. The van der Waals surface area contributed by atoms with Gasteiger partial charge in [-0.2, -0.15) is 0 Å². The van der Waals surface area contributed by atoms with E-state index < -0.39 is 11.9 Å². The average Bonchev–Trinajstić information content (AvgIpc) is 3.37. The predicted octanol–water partition coefficient (Wildman–Crippen LogP) is 5.19. The van der Waals surface area contributed by atoms with Gasteiger partial charge in [-0.3, -0.25) is 19.3 Å². The highest BCUT2D eigenvalue weighted by molar-refractivity contribution is 6.11. The van der Waals surface area contributed by atoms with Crippen LogP contribution in [0.3, 0.4) is 0 Å². The number of carbonyl (C=O) groups excluding carboxylic acids is 2. The summed E-state index contributed by atoms with van der Waals surface area (Å²) in [6.45, 7) is 0.0846. The first-order chi connectivity index (χ1) is 20.0. The third-order valence-corrected chi connectivity index (χ3v) is 7.19. The molecule has 0 bridgehead atoms. The number of rotatable bonds is 8. The van der Waals surface area contributed by atoms with E-state index in [9.17, 15) is 19.5 Å². The van der Waals surface area contributed by atoms with Crippen molar-refractivity contribution in [1.82, 2.24) is 15.3 Å². The number of aromatic amines is 1. The summed E-state index contributed by atoms with van der Waals surface area (Å²) in [7, 11) is 0. The van der Waals surface area contributed by atoms with E-state index in [-0.39, 0.29) is 31.3 Å². The first-order valence-electron chi connectivity index (χ1n) is 13.2. The number of benzene rings is 4. The Morgan fingerprint density at radius 1 is 0.878 bits per heavy atom. The van der Waals surface area contributed by atoms with Crippen molar-refractivity contribution in [2.24, 2.45) is 0 Å². The van der Waals surface area contributed by atoms with Crippen molar-refractivity contribution in [3.8, 4) is 0 Å². The van der Waals surface area contributed by atoms with Crippen molar-refractivity contribution in [3.05, 3.63) is 119 Å². The van der Waals surface area contributed by atoms with E-state index in [0.717, 1.165) is 22.3 Å². The van der Waals surface area contributed by atoms with Gasteiger partial charge in [-0.15, -0.1) is 0 Å². The van der Waals surface area contributed by atoms with E-state index in [1.165, 1.54) is 4.90 Å². The number of carboxylic acid groups (broad SMARTS) is 1. The quantitative estimate of drug-likeness (QED) is 0.213. The molecule has 1 aliphatic rings. The molecule has 1 aliphatic heterocycles. The number of aliphatic carboxylic acids is 1. The summed E-state index contributed by atoms with van der Waals surface area (Å²) in [5.74, 6) is -1.49. The summed E-state index contributed by atoms with van der Waals surface area (Å²) in [6, 6.07) is 29.6. The Balaban J connectivity index is 1.15. The molecule has 4 N–H and O–H groups in total. The van der Waals surface area contributed by atoms with E-state index in [1.54, 1.807) is 36.4 Å². The number of carbonyl (C=O) groups is 3. The maximum atomic E-state index is 13.7. The van der Waals surface area contributed by atoms with Gasteiger partial charge in [0.1, 0.15) is 6.54 Å². The van der Waals surface area contributed by atoms with Crippen LogP contribution in [0.5, 0.6) is 0 Å². The number of para-hydroxylation sites is 3. The number of aromatic nitrogens is 2. The molecule has 9 heteroatoms. The molecular weight excluding hydrogens is 518 g/mol. The minimum Gasteiger partial charge on any atom is -0.481 e. The summed E-state index contributed by atoms with van der Waals surface area (Å²) in [6.07, 6.45) is -0.164. The van der Waals surface area contributed by atoms with E-state index in [0.29, 0.717) is 28.3 Å². The molecule has 204 valence electrons. The SMILES string of the molecule is O=C(O)CC1c2ccccc2C(=O)N(CC(=O)NCc2ccc(Nc3nc4ccccc4[nH]3)cc2)c2ccccc21. The molecule has 2 amide bonds. The molecule has 0 radical (unpaired) electrons. The number of imidazole rings is 1. The van der Waals surface area contributed by atoms with Crippen molar-refractivity contribution >= 4 is 46.1 Å². The molecule has 0 saturated heterocycles. The highest BCUT2D eigenvalue weighted by atomic mass is 16.4. The van der Waals surface area contributed by atoms with Crippen molar-refractivity contribution in [2.75, 3.05) is 16.8 Å². The van der Waals surface area contributed by atoms with Crippen LogP contribution in [0.2, 0.25) is 0 Å². The summed E-state index contributed by atoms with van der Waals surface area (Å²) in [4.78, 5) is 47.7. The molecule has 1 aromatic heterocycles. The zero-order valence-corrected chi connectivity index (χ0v) is 22.0. The van der Waals surface area contributed by atoms with Crippen LogP contribution in [0.4, 0.5) is 17.3 Å². The van der Waals surface area contributed by atoms with Gasteiger partial charge in [0.25, 0.3) is 5.91 Å². The topological polar surface area (TPSA) is 127 Å². The van der Waals surface area contributed by atoms with Crippen molar-refractivity contribution in [2.45, 2.75) is 18.9 Å². The average molecular weight is 546 g/mol. The Labute approximate surface area is 235 Å². The number of amides is 2. The minimum atomic E-state index is -0.961. The number of H-pyrrole nitrogens is 1. The second kappa shape index (κ2) is 11.0. The fraction of sp³-hybridized carbons (Fsp3) is 0.125. The van der Waals surface area contributed by atoms with E-state index in [1.807, 2.05) is 60.7 Å². The zero-order valence-electron chi connectivity index (χ0n) is 22.0. The Morgan fingerprint density at radius 2 is 1.59 bits per heavy atom. The van der Waals surface area contributed by atoms with Gasteiger partial charge in [0.2, 0.25) is 11.9 Å². The standard InChI is InChI=1S/C32H27N5O4/c38-29(33-18-20-13-15-21(16-14-20)34-32-35-26-10-4-5-11-27(26)36-32)19-37-28-12-6-3-8-23(28)25(17-30(39)40)22-7-1-2-9-24(22)31(37)41/h1-16,25H,17-19H2,(H,33,38)(H,39,40)(H2,34,35,36). The Morgan fingerprint density at radius 3 is 2.37 bits per heavy atom. The Hall–Kier alpha value is -5.44. The fourth-order valence-corrected chi connectivity index (χ4v) is 5.25. The van der Waals surface area contributed by atoms with E-state index in [2.05, 4.69) is 20.6 Å². The largest absolute Gasteiger partial charge is 0.481 e. The van der Waals surface area contributed by atoms with E-state index >= 15 is 0 Å². The molecular formula is C32H27N5O4. The lowest BCUT2D eigenvalue weighted by Crippen LogP contribution is -2.40. The summed E-state index contributed by atoms with van der Waals surface area (Å²) in [5, 5.41) is 15.8. The van der Waals surface area contributed by atoms with Gasteiger partial charge in [-0.1, -0.05) is 60.7 Å². The van der Waals surface area contributed by atoms with Crippen molar-refractivity contribution in [1.29, 1.82) is 0 Å². The Kier molecular flexibility index (Phi) is 6.91. The van der Waals surface area contributed by atoms with Gasteiger partial charge in [0.15, 0.2) is 0 Å². The van der Waals surface area contributed by atoms with Crippen LogP contribution in [-0.4, -0.2) is 39.4 Å².